The Labute approximate surface area is 84.7 Å². The Morgan fingerprint density at radius 1 is 2.00 bits per heavy atom. The molecule has 2 nitrogen and oxygen atoms in total. The number of hydrogen-bond acceptors (Lipinski definition) is 1. The first kappa shape index (κ1) is 9.45. The summed E-state index contributed by atoms with van der Waals surface area (Å²) in [7, 11) is 0. The van der Waals surface area contributed by atoms with Gasteiger partial charge in [-0.1, -0.05) is 0 Å². The number of rotatable bonds is 3. The summed E-state index contributed by atoms with van der Waals surface area (Å²) in [5.74, 6) is 0.657. The number of hydrogen-bond donors (Lipinski definition) is 1. The number of carbonyl (C=O) groups is 1. The van der Waals surface area contributed by atoms with E-state index in [0.29, 0.717) is 26.6 Å². The molecule has 0 spiro atoms. The Hall–Kier alpha value is 1.36. The summed E-state index contributed by atoms with van der Waals surface area (Å²) in [5, 5.41) is 2.77. The zero-order valence-electron chi connectivity index (χ0n) is 5.60. The number of β-lactam (4-membered cyclic amide) rings is 1. The molecule has 1 aliphatic rings. The molecule has 1 saturated heterocycles. The van der Waals surface area contributed by atoms with Crippen LogP contribution in [-0.4, -0.2) is 23.5 Å². The van der Waals surface area contributed by atoms with Crippen molar-refractivity contribution in [1.29, 1.82) is 0 Å². The van der Waals surface area contributed by atoms with Crippen LogP contribution in [0.1, 0.15) is 0 Å². The maximum absolute atomic E-state index is 10.8. The first-order chi connectivity index (χ1) is 4.74. The predicted molar refractivity (Wildman–Crippen MR) is 48.2 cm³/mol. The van der Waals surface area contributed by atoms with Gasteiger partial charge in [0.05, 0.1) is 0 Å². The Kier molecular flexibility index (Phi) is 4.16. The fourth-order valence-corrected chi connectivity index (χ4v) is 5.51. The van der Waals surface area contributed by atoms with E-state index in [2.05, 4.69) is 32.3 Å². The molecule has 1 aliphatic heterocycles. The molecule has 0 aliphatic carbocycles. The van der Waals surface area contributed by atoms with Gasteiger partial charge in [0.25, 0.3) is 0 Å². The van der Waals surface area contributed by atoms with Crippen LogP contribution in [0.3, 0.4) is 0 Å². The average molecular weight is 384 g/mol. The number of amides is 1. The van der Waals surface area contributed by atoms with Gasteiger partial charge in [0.2, 0.25) is 0 Å². The molecule has 2 unspecified atom stereocenters. The minimum atomic E-state index is 0.220. The van der Waals surface area contributed by atoms with Crippen molar-refractivity contribution in [2.24, 2.45) is 5.92 Å². The van der Waals surface area contributed by atoms with Crippen molar-refractivity contribution in [3.05, 3.63) is 0 Å². The van der Waals surface area contributed by atoms with Gasteiger partial charge in [-0.25, -0.2) is 0 Å². The second kappa shape index (κ2) is 4.40. The predicted octanol–water partition coefficient (Wildman–Crippen LogP) is -1.80. The van der Waals surface area contributed by atoms with Crippen LogP contribution in [0.25, 0.3) is 0 Å². The topological polar surface area (TPSA) is 29.1 Å². The average Bonchev–Trinajstić information content (AvgIpc) is 1.96. The fourth-order valence-electron chi connectivity index (χ4n) is 0.713. The zero-order valence-corrected chi connectivity index (χ0v) is 10.8. The number of halogens is 2. The number of carbonyl (C=O) groups excluding carboxylic acids is 1. The maximum atomic E-state index is 10.8. The summed E-state index contributed by atoms with van der Waals surface area (Å²) in [6.07, 6.45) is 1.17. The quantitative estimate of drug-likeness (QED) is 0.265. The SMILES string of the molecule is C[I-]P(I)CC1CNC1=O. The molecule has 1 rings (SSSR count). The first-order valence-corrected chi connectivity index (χ1v) is 12.2. The van der Waals surface area contributed by atoms with Crippen LogP contribution in [-0.2, 0) is 4.79 Å². The van der Waals surface area contributed by atoms with Crippen LogP contribution < -0.4 is 26.0 Å². The van der Waals surface area contributed by atoms with Crippen molar-refractivity contribution in [2.45, 2.75) is 0 Å². The summed E-state index contributed by atoms with van der Waals surface area (Å²) in [4.78, 5) is 13.1. The number of nitrogens with one attached hydrogen (secondary N) is 1. The van der Waals surface area contributed by atoms with E-state index in [4.69, 9.17) is 0 Å². The molecule has 1 N–H and O–H groups in total. The van der Waals surface area contributed by atoms with Crippen LogP contribution in [0.2, 0.25) is 0 Å². The summed E-state index contributed by atoms with van der Waals surface area (Å²) >= 11 is 2.91. The van der Waals surface area contributed by atoms with Gasteiger partial charge in [-0.15, -0.1) is 0 Å². The van der Waals surface area contributed by atoms with Gasteiger partial charge in [0.15, 0.2) is 0 Å². The van der Waals surface area contributed by atoms with Crippen LogP contribution in [0.15, 0.2) is 0 Å². The standard InChI is InChI=1S/C5H9I2NOP/c1-7-10(6)3-4-2-8-5(4)9/h4H,2-3H2,1H3,(H,8,9)/q-1. The summed E-state index contributed by atoms with van der Waals surface area (Å²) < 4.78 is 0.220. The van der Waals surface area contributed by atoms with Gasteiger partial charge < -0.3 is 0 Å². The molecule has 0 bridgehead atoms. The van der Waals surface area contributed by atoms with E-state index in [1.54, 1.807) is 0 Å². The van der Waals surface area contributed by atoms with Crippen LogP contribution in [0.4, 0.5) is 0 Å². The molecule has 5 heteroatoms. The van der Waals surface area contributed by atoms with Crippen LogP contribution in [0, 0.1) is 5.92 Å². The summed E-state index contributed by atoms with van der Waals surface area (Å²) in [5.41, 5.74) is 0. The van der Waals surface area contributed by atoms with Crippen LogP contribution >= 0.6 is 25.2 Å². The van der Waals surface area contributed by atoms with Gasteiger partial charge in [0, 0.05) is 0 Å². The van der Waals surface area contributed by atoms with Crippen molar-refractivity contribution >= 4 is 31.2 Å². The first-order valence-electron chi connectivity index (χ1n) is 2.95. The van der Waals surface area contributed by atoms with E-state index in [9.17, 15) is 4.79 Å². The molecule has 1 fully saturated rings. The van der Waals surface area contributed by atoms with Crippen molar-refractivity contribution in [3.8, 4) is 0 Å². The van der Waals surface area contributed by atoms with Gasteiger partial charge in [-0.3, -0.25) is 0 Å². The third-order valence-corrected chi connectivity index (χ3v) is 15.4. The second-order valence-corrected chi connectivity index (χ2v) is 18.8. The Morgan fingerprint density at radius 2 is 2.70 bits per heavy atom. The summed E-state index contributed by atoms with van der Waals surface area (Å²) in [6.45, 7) is 0.935. The molecule has 1 heterocycles. The van der Waals surface area contributed by atoms with Gasteiger partial charge in [-0.05, 0) is 0 Å². The monoisotopic (exact) mass is 384 g/mol. The normalized spacial score (nSPS) is 27.4. The van der Waals surface area contributed by atoms with E-state index >= 15 is 0 Å². The third kappa shape index (κ3) is 2.44. The van der Waals surface area contributed by atoms with Crippen molar-refractivity contribution in [3.63, 3.8) is 0 Å². The molecular weight excluding hydrogens is 375 g/mol. The zero-order chi connectivity index (χ0) is 7.56. The van der Waals surface area contributed by atoms with E-state index in [-0.39, 0.29) is 9.11 Å². The Balaban J connectivity index is 2.19. The van der Waals surface area contributed by atoms with Crippen molar-refractivity contribution in [1.82, 2.24) is 5.32 Å². The molecule has 0 aromatic carbocycles. The molecule has 2 atom stereocenters. The molecule has 0 saturated carbocycles. The Bertz CT molecular complexity index is 144. The molecule has 0 radical (unpaired) electrons. The molecular formula is C5H9I2NOP-. The molecule has 60 valence electrons. The molecule has 0 aromatic rings. The molecule has 10 heavy (non-hydrogen) atoms. The third-order valence-electron chi connectivity index (χ3n) is 1.44. The van der Waals surface area contributed by atoms with E-state index in [1.165, 1.54) is 6.16 Å². The van der Waals surface area contributed by atoms with E-state index < -0.39 is 0 Å². The van der Waals surface area contributed by atoms with Gasteiger partial charge in [-0.2, -0.15) is 0 Å². The second-order valence-electron chi connectivity index (χ2n) is 2.10. The number of alkyl halides is 1. The van der Waals surface area contributed by atoms with E-state index in [1.807, 2.05) is 0 Å². The molecule has 0 aromatic heterocycles. The van der Waals surface area contributed by atoms with Gasteiger partial charge >= 0.3 is 85.5 Å². The molecule has 1 amide bonds. The van der Waals surface area contributed by atoms with Crippen molar-refractivity contribution < 1.29 is 25.4 Å². The van der Waals surface area contributed by atoms with E-state index in [0.717, 1.165) is 6.54 Å². The Morgan fingerprint density at radius 3 is 3.00 bits per heavy atom. The fraction of sp³-hybridized carbons (Fsp3) is 0.800. The van der Waals surface area contributed by atoms with Crippen molar-refractivity contribution in [2.75, 3.05) is 17.6 Å². The van der Waals surface area contributed by atoms with Crippen LogP contribution in [0.5, 0.6) is 0 Å². The minimum absolute atomic E-state index is 0.220. The van der Waals surface area contributed by atoms with Gasteiger partial charge in [0.1, 0.15) is 0 Å². The summed E-state index contributed by atoms with van der Waals surface area (Å²) in [6, 6.07) is 0.